The summed E-state index contributed by atoms with van der Waals surface area (Å²) in [6.07, 6.45) is 5.67. The molecule has 1 heterocycles. The Morgan fingerprint density at radius 2 is 2.05 bits per heavy atom. The second-order valence-corrected chi connectivity index (χ2v) is 8.57. The molecule has 112 valence electrons. The molecule has 0 radical (unpaired) electrons. The third-order valence-electron chi connectivity index (χ3n) is 3.82. The van der Waals surface area contributed by atoms with Gasteiger partial charge in [-0.2, -0.15) is 0 Å². The van der Waals surface area contributed by atoms with Crippen molar-refractivity contribution in [3.05, 3.63) is 35.4 Å². The molecule has 0 spiro atoms. The molecule has 21 heavy (non-hydrogen) atoms. The van der Waals surface area contributed by atoms with Gasteiger partial charge in [0.25, 0.3) is 0 Å². The molecule has 0 fully saturated rings. The molecule has 0 amide bonds. The number of hydrogen-bond acceptors (Lipinski definition) is 6. The molecular formula is C15H19N3S3. The van der Waals surface area contributed by atoms with Crippen molar-refractivity contribution in [2.75, 3.05) is 13.3 Å². The minimum atomic E-state index is 0.385. The zero-order valence-corrected chi connectivity index (χ0v) is 14.7. The highest BCUT2D eigenvalue weighted by molar-refractivity contribution is 8.03. The molecule has 1 aliphatic rings. The predicted octanol–water partition coefficient (Wildman–Crippen LogP) is 4.02. The molecule has 2 aromatic rings. The molecule has 0 saturated heterocycles. The van der Waals surface area contributed by atoms with E-state index in [1.54, 1.807) is 23.1 Å². The van der Waals surface area contributed by atoms with Crippen LogP contribution in [0.15, 0.2) is 32.9 Å². The van der Waals surface area contributed by atoms with Crippen LogP contribution in [-0.4, -0.2) is 28.8 Å². The van der Waals surface area contributed by atoms with Gasteiger partial charge < -0.3 is 5.32 Å². The van der Waals surface area contributed by atoms with Gasteiger partial charge in [0, 0.05) is 11.3 Å². The van der Waals surface area contributed by atoms with Crippen molar-refractivity contribution in [2.24, 2.45) is 0 Å². The van der Waals surface area contributed by atoms with Gasteiger partial charge in [-0.25, -0.2) is 0 Å². The first-order chi connectivity index (χ1) is 10.3. The molecule has 3 nitrogen and oxygen atoms in total. The fourth-order valence-corrected chi connectivity index (χ4v) is 5.86. The van der Waals surface area contributed by atoms with Crippen LogP contribution < -0.4 is 5.32 Å². The maximum atomic E-state index is 4.32. The Bertz CT molecular complexity index is 599. The number of rotatable bonds is 4. The van der Waals surface area contributed by atoms with Crippen molar-refractivity contribution in [3.63, 3.8) is 0 Å². The quantitative estimate of drug-likeness (QED) is 0.674. The van der Waals surface area contributed by atoms with Crippen molar-refractivity contribution in [1.82, 2.24) is 15.5 Å². The number of aromatic nitrogens is 2. The molecule has 2 atom stereocenters. The van der Waals surface area contributed by atoms with Gasteiger partial charge in [0.1, 0.15) is 0 Å². The number of nitrogens with one attached hydrogen (secondary N) is 1. The fourth-order valence-electron chi connectivity index (χ4n) is 2.85. The Hall–Kier alpha value is -0.560. The van der Waals surface area contributed by atoms with Crippen LogP contribution in [0.5, 0.6) is 0 Å². The SMILES string of the molecule is CNC1c2ccccc2CCCC1Sc1nnc(SC)s1. The van der Waals surface area contributed by atoms with Crippen molar-refractivity contribution in [3.8, 4) is 0 Å². The Morgan fingerprint density at radius 1 is 1.24 bits per heavy atom. The molecule has 1 N–H and O–H groups in total. The minimum Gasteiger partial charge on any atom is -0.312 e. The molecule has 2 unspecified atom stereocenters. The van der Waals surface area contributed by atoms with Crippen LogP contribution in [0.4, 0.5) is 0 Å². The molecular weight excluding hydrogens is 318 g/mol. The van der Waals surface area contributed by atoms with E-state index in [-0.39, 0.29) is 0 Å². The third kappa shape index (κ3) is 3.44. The summed E-state index contributed by atoms with van der Waals surface area (Å²) < 4.78 is 2.14. The van der Waals surface area contributed by atoms with Gasteiger partial charge in [-0.15, -0.1) is 10.2 Å². The number of nitrogens with zero attached hydrogens (tertiary/aromatic N) is 2. The maximum Gasteiger partial charge on any atom is 0.175 e. The van der Waals surface area contributed by atoms with Gasteiger partial charge in [-0.3, -0.25) is 0 Å². The summed E-state index contributed by atoms with van der Waals surface area (Å²) in [4.78, 5) is 0. The highest BCUT2D eigenvalue weighted by Crippen LogP contribution is 2.40. The molecule has 6 heteroatoms. The lowest BCUT2D eigenvalue weighted by molar-refractivity contribution is 0.547. The summed E-state index contributed by atoms with van der Waals surface area (Å²) >= 11 is 5.25. The normalized spacial score (nSPS) is 21.8. The smallest absolute Gasteiger partial charge is 0.175 e. The van der Waals surface area contributed by atoms with Gasteiger partial charge in [-0.05, 0) is 43.7 Å². The minimum absolute atomic E-state index is 0.385. The predicted molar refractivity (Wildman–Crippen MR) is 92.5 cm³/mol. The lowest BCUT2D eigenvalue weighted by atomic mass is 9.99. The van der Waals surface area contributed by atoms with Crippen LogP contribution in [0.25, 0.3) is 0 Å². The van der Waals surface area contributed by atoms with E-state index in [4.69, 9.17) is 0 Å². The number of hydrogen-bond donors (Lipinski definition) is 1. The molecule has 3 rings (SSSR count). The largest absolute Gasteiger partial charge is 0.312 e. The van der Waals surface area contributed by atoms with Crippen molar-refractivity contribution in [2.45, 2.75) is 39.2 Å². The van der Waals surface area contributed by atoms with Crippen LogP contribution in [0.2, 0.25) is 0 Å². The average molecular weight is 338 g/mol. The second-order valence-electron chi connectivity index (χ2n) is 5.05. The summed E-state index contributed by atoms with van der Waals surface area (Å²) in [5.74, 6) is 0. The van der Waals surface area contributed by atoms with E-state index >= 15 is 0 Å². The van der Waals surface area contributed by atoms with Crippen LogP contribution in [0.1, 0.15) is 30.0 Å². The van der Waals surface area contributed by atoms with Gasteiger partial charge >= 0.3 is 0 Å². The monoisotopic (exact) mass is 337 g/mol. The van der Waals surface area contributed by atoms with Gasteiger partial charge in [-0.1, -0.05) is 59.1 Å². The third-order valence-corrected chi connectivity index (χ3v) is 7.15. The number of aryl methyl sites for hydroxylation is 1. The number of benzene rings is 1. The Kier molecular flexibility index (Phi) is 5.21. The van der Waals surface area contributed by atoms with E-state index in [0.717, 1.165) is 8.68 Å². The number of thioether (sulfide) groups is 2. The van der Waals surface area contributed by atoms with Crippen LogP contribution in [0.3, 0.4) is 0 Å². The van der Waals surface area contributed by atoms with Crippen LogP contribution in [0, 0.1) is 0 Å². The van der Waals surface area contributed by atoms with Crippen molar-refractivity contribution < 1.29 is 0 Å². The second kappa shape index (κ2) is 7.13. The Labute approximate surface area is 138 Å². The van der Waals surface area contributed by atoms with Gasteiger partial charge in [0.2, 0.25) is 0 Å². The highest BCUT2D eigenvalue weighted by atomic mass is 32.2. The summed E-state index contributed by atoms with van der Waals surface area (Å²) in [5, 5.41) is 12.6. The van der Waals surface area contributed by atoms with E-state index in [9.17, 15) is 0 Å². The van der Waals surface area contributed by atoms with Crippen molar-refractivity contribution >= 4 is 34.9 Å². The Balaban J connectivity index is 1.84. The summed E-state index contributed by atoms with van der Waals surface area (Å²) in [6, 6.07) is 9.21. The molecule has 1 aromatic carbocycles. The van der Waals surface area contributed by atoms with Gasteiger partial charge in [0.15, 0.2) is 8.68 Å². The van der Waals surface area contributed by atoms with Gasteiger partial charge in [0.05, 0.1) is 0 Å². The fraction of sp³-hybridized carbons (Fsp3) is 0.467. The first-order valence-corrected chi connectivity index (χ1v) is 10.0. The summed E-state index contributed by atoms with van der Waals surface area (Å²) in [5.41, 5.74) is 2.94. The highest BCUT2D eigenvalue weighted by Gasteiger charge is 2.28. The lowest BCUT2D eigenvalue weighted by Gasteiger charge is -2.25. The van der Waals surface area contributed by atoms with E-state index in [2.05, 4.69) is 46.8 Å². The van der Waals surface area contributed by atoms with E-state index in [1.165, 1.54) is 30.4 Å². The zero-order valence-electron chi connectivity index (χ0n) is 12.2. The first-order valence-electron chi connectivity index (χ1n) is 7.11. The number of fused-ring (bicyclic) bond motifs is 1. The molecule has 0 bridgehead atoms. The lowest BCUT2D eigenvalue weighted by Crippen LogP contribution is -2.26. The standard InChI is InChI=1S/C15H19N3S3/c1-16-13-11-8-4-3-6-10(11)7-5-9-12(13)20-15-18-17-14(19-2)21-15/h3-4,6,8,12-13,16H,5,7,9H2,1-2H3. The Morgan fingerprint density at radius 3 is 2.81 bits per heavy atom. The van der Waals surface area contributed by atoms with E-state index < -0.39 is 0 Å². The topological polar surface area (TPSA) is 37.8 Å². The molecule has 0 saturated carbocycles. The van der Waals surface area contributed by atoms with Crippen LogP contribution in [-0.2, 0) is 6.42 Å². The molecule has 1 aliphatic carbocycles. The first kappa shape index (κ1) is 15.3. The maximum absolute atomic E-state index is 4.32. The summed E-state index contributed by atoms with van der Waals surface area (Å²) in [7, 11) is 2.06. The summed E-state index contributed by atoms with van der Waals surface area (Å²) in [6.45, 7) is 0. The van der Waals surface area contributed by atoms with E-state index in [1.807, 2.05) is 18.0 Å². The zero-order chi connectivity index (χ0) is 14.7. The molecule has 0 aliphatic heterocycles. The molecule has 1 aromatic heterocycles. The average Bonchev–Trinajstić information content (AvgIpc) is 2.89. The van der Waals surface area contributed by atoms with Crippen molar-refractivity contribution in [1.29, 1.82) is 0 Å². The van der Waals surface area contributed by atoms with Crippen LogP contribution >= 0.6 is 34.9 Å². The van der Waals surface area contributed by atoms with E-state index in [0.29, 0.717) is 11.3 Å².